The maximum atomic E-state index is 12.5. The number of benzene rings is 1. The quantitative estimate of drug-likeness (QED) is 0.713. The predicted molar refractivity (Wildman–Crippen MR) is 121 cm³/mol. The molecule has 0 bridgehead atoms. The van der Waals surface area contributed by atoms with Crippen LogP contribution >= 0.6 is 11.6 Å². The van der Waals surface area contributed by atoms with Crippen molar-refractivity contribution in [2.45, 2.75) is 19.3 Å². The molecule has 0 unspecified atom stereocenters. The summed E-state index contributed by atoms with van der Waals surface area (Å²) in [6.45, 7) is 3.00. The second kappa shape index (κ2) is 9.66. The zero-order valence-electron chi connectivity index (χ0n) is 17.6. The Bertz CT molecular complexity index is 962. The normalized spacial score (nSPS) is 19.5. The molecular weight excluding hydrogens is 416 g/mol. The van der Waals surface area contributed by atoms with Crippen LogP contribution in [0.1, 0.15) is 19.3 Å². The van der Waals surface area contributed by atoms with Crippen LogP contribution in [-0.4, -0.2) is 55.0 Å². The summed E-state index contributed by atoms with van der Waals surface area (Å²) in [5.41, 5.74) is 2.76. The standard InChI is InChI=1S/C23H27ClN4O3/c1-28-14-17(10-22(28)29)23(30)27-21-11-19(20(24)13-26-21)16-3-2-4-18(9-16)25-12-15-5-7-31-8-6-15/h2-4,9,11,13,15,17,25H,5-8,10,12,14H2,1H3,(H,26,27,30)/t17-/m1/s1. The molecular formula is C23H27ClN4O3. The molecule has 2 aliphatic rings. The Labute approximate surface area is 187 Å². The van der Waals surface area contributed by atoms with Crippen LogP contribution < -0.4 is 10.6 Å². The maximum absolute atomic E-state index is 12.5. The summed E-state index contributed by atoms with van der Waals surface area (Å²) in [6, 6.07) is 9.83. The molecule has 2 fully saturated rings. The maximum Gasteiger partial charge on any atom is 0.230 e. The van der Waals surface area contributed by atoms with E-state index in [-0.39, 0.29) is 24.2 Å². The van der Waals surface area contributed by atoms with E-state index in [2.05, 4.69) is 21.7 Å². The molecule has 2 aromatic rings. The van der Waals surface area contributed by atoms with Gasteiger partial charge in [0.05, 0.1) is 10.9 Å². The first-order valence-electron chi connectivity index (χ1n) is 10.6. The highest BCUT2D eigenvalue weighted by Gasteiger charge is 2.32. The lowest BCUT2D eigenvalue weighted by molar-refractivity contribution is -0.127. The van der Waals surface area contributed by atoms with Crippen molar-refractivity contribution < 1.29 is 14.3 Å². The average Bonchev–Trinajstić information content (AvgIpc) is 3.13. The number of anilines is 2. The van der Waals surface area contributed by atoms with E-state index >= 15 is 0 Å². The van der Waals surface area contributed by atoms with Crippen LogP contribution in [0.25, 0.3) is 11.1 Å². The van der Waals surface area contributed by atoms with Crippen LogP contribution in [-0.2, 0) is 14.3 Å². The highest BCUT2D eigenvalue weighted by atomic mass is 35.5. The molecule has 8 heteroatoms. The summed E-state index contributed by atoms with van der Waals surface area (Å²) >= 11 is 6.42. The highest BCUT2D eigenvalue weighted by molar-refractivity contribution is 6.33. The number of pyridine rings is 1. The van der Waals surface area contributed by atoms with Crippen LogP contribution in [0.4, 0.5) is 11.5 Å². The van der Waals surface area contributed by atoms with Crippen molar-refractivity contribution in [1.82, 2.24) is 9.88 Å². The van der Waals surface area contributed by atoms with Crippen LogP contribution in [0.3, 0.4) is 0 Å². The van der Waals surface area contributed by atoms with Gasteiger partial charge in [-0.25, -0.2) is 4.98 Å². The molecule has 0 aliphatic carbocycles. The zero-order chi connectivity index (χ0) is 21.8. The van der Waals surface area contributed by atoms with Gasteiger partial charge in [0.2, 0.25) is 11.8 Å². The van der Waals surface area contributed by atoms with Crippen molar-refractivity contribution in [3.8, 4) is 11.1 Å². The number of aromatic nitrogens is 1. The lowest BCUT2D eigenvalue weighted by atomic mass is 10.00. The number of hydrogen-bond acceptors (Lipinski definition) is 5. The summed E-state index contributed by atoms with van der Waals surface area (Å²) in [5, 5.41) is 6.86. The number of carbonyl (C=O) groups is 2. The summed E-state index contributed by atoms with van der Waals surface area (Å²) < 4.78 is 5.43. The molecule has 2 N–H and O–H groups in total. The van der Waals surface area contributed by atoms with E-state index < -0.39 is 0 Å². The molecule has 2 aliphatic heterocycles. The molecule has 0 radical (unpaired) electrons. The predicted octanol–water partition coefficient (Wildman–Crippen LogP) is 3.66. The minimum atomic E-state index is -0.365. The molecule has 1 aromatic carbocycles. The van der Waals surface area contributed by atoms with Crippen molar-refractivity contribution in [3.05, 3.63) is 41.6 Å². The largest absolute Gasteiger partial charge is 0.385 e. The van der Waals surface area contributed by atoms with Crippen molar-refractivity contribution in [2.75, 3.05) is 44.0 Å². The summed E-state index contributed by atoms with van der Waals surface area (Å²) in [7, 11) is 1.71. The zero-order valence-corrected chi connectivity index (χ0v) is 18.3. The third-order valence-electron chi connectivity index (χ3n) is 5.93. The van der Waals surface area contributed by atoms with E-state index in [1.807, 2.05) is 18.2 Å². The number of hydrogen-bond donors (Lipinski definition) is 2. The Kier molecular flexibility index (Phi) is 6.73. The van der Waals surface area contributed by atoms with Gasteiger partial charge in [-0.15, -0.1) is 0 Å². The first-order chi connectivity index (χ1) is 15.0. The monoisotopic (exact) mass is 442 g/mol. The number of carbonyl (C=O) groups excluding carboxylic acids is 2. The number of amides is 2. The van der Waals surface area contributed by atoms with E-state index in [9.17, 15) is 9.59 Å². The van der Waals surface area contributed by atoms with Gasteiger partial charge in [-0.2, -0.15) is 0 Å². The van der Waals surface area contributed by atoms with Gasteiger partial charge in [0.25, 0.3) is 0 Å². The van der Waals surface area contributed by atoms with Crippen molar-refractivity contribution in [1.29, 1.82) is 0 Å². The lowest BCUT2D eigenvalue weighted by Gasteiger charge is -2.22. The third-order valence-corrected chi connectivity index (χ3v) is 6.23. The van der Waals surface area contributed by atoms with E-state index in [1.165, 1.54) is 0 Å². The number of likely N-dealkylation sites (tertiary alicyclic amines) is 1. The first kappa shape index (κ1) is 21.6. The molecule has 31 heavy (non-hydrogen) atoms. The van der Waals surface area contributed by atoms with Crippen LogP contribution in [0, 0.1) is 11.8 Å². The number of halogens is 1. The molecule has 1 atom stereocenters. The highest BCUT2D eigenvalue weighted by Crippen LogP contribution is 2.31. The molecule has 7 nitrogen and oxygen atoms in total. The minimum Gasteiger partial charge on any atom is -0.385 e. The number of ether oxygens (including phenoxy) is 1. The van der Waals surface area contributed by atoms with E-state index in [0.29, 0.717) is 23.3 Å². The Hall–Kier alpha value is -2.64. The van der Waals surface area contributed by atoms with Gasteiger partial charge in [0, 0.05) is 57.2 Å². The molecule has 2 saturated heterocycles. The van der Waals surface area contributed by atoms with Gasteiger partial charge < -0.3 is 20.3 Å². The molecule has 0 spiro atoms. The molecule has 164 valence electrons. The smallest absolute Gasteiger partial charge is 0.230 e. The molecule has 4 rings (SSSR count). The number of rotatable bonds is 6. The van der Waals surface area contributed by atoms with E-state index in [1.54, 1.807) is 24.2 Å². The third kappa shape index (κ3) is 5.35. The second-order valence-electron chi connectivity index (χ2n) is 8.23. The average molecular weight is 443 g/mol. The van der Waals surface area contributed by atoms with Gasteiger partial charge in [-0.3, -0.25) is 9.59 Å². The molecule has 1 aromatic heterocycles. The fraction of sp³-hybridized carbons (Fsp3) is 0.435. The molecule has 0 saturated carbocycles. The Morgan fingerprint density at radius 2 is 2.10 bits per heavy atom. The summed E-state index contributed by atoms with van der Waals surface area (Å²) in [5.74, 6) is 0.452. The Balaban J connectivity index is 1.45. The van der Waals surface area contributed by atoms with E-state index in [0.717, 1.165) is 49.4 Å². The SMILES string of the molecule is CN1C[C@H](C(=O)Nc2cc(-c3cccc(NCC4CCOCC4)c3)c(Cl)cn2)CC1=O. The van der Waals surface area contributed by atoms with Gasteiger partial charge >= 0.3 is 0 Å². The lowest BCUT2D eigenvalue weighted by Crippen LogP contribution is -2.26. The van der Waals surface area contributed by atoms with Crippen LogP contribution in [0.2, 0.25) is 5.02 Å². The van der Waals surface area contributed by atoms with Gasteiger partial charge in [0.15, 0.2) is 0 Å². The summed E-state index contributed by atoms with van der Waals surface area (Å²) in [6.07, 6.45) is 3.92. The molecule has 3 heterocycles. The fourth-order valence-corrected chi connectivity index (χ4v) is 4.22. The van der Waals surface area contributed by atoms with Gasteiger partial charge in [-0.1, -0.05) is 23.7 Å². The van der Waals surface area contributed by atoms with Crippen molar-refractivity contribution >= 4 is 34.9 Å². The Morgan fingerprint density at radius 3 is 2.84 bits per heavy atom. The van der Waals surface area contributed by atoms with Gasteiger partial charge in [0.1, 0.15) is 5.82 Å². The Morgan fingerprint density at radius 1 is 1.29 bits per heavy atom. The number of nitrogens with zero attached hydrogens (tertiary/aromatic N) is 2. The first-order valence-corrected chi connectivity index (χ1v) is 11.0. The molecule has 2 amide bonds. The van der Waals surface area contributed by atoms with Crippen LogP contribution in [0.5, 0.6) is 0 Å². The van der Waals surface area contributed by atoms with Crippen molar-refractivity contribution in [3.63, 3.8) is 0 Å². The topological polar surface area (TPSA) is 83.6 Å². The van der Waals surface area contributed by atoms with Crippen molar-refractivity contribution in [2.24, 2.45) is 11.8 Å². The minimum absolute atomic E-state index is 0.0185. The summed E-state index contributed by atoms with van der Waals surface area (Å²) in [4.78, 5) is 30.1. The van der Waals surface area contributed by atoms with E-state index in [4.69, 9.17) is 16.3 Å². The van der Waals surface area contributed by atoms with Gasteiger partial charge in [-0.05, 0) is 42.5 Å². The van der Waals surface area contributed by atoms with Crippen LogP contribution in [0.15, 0.2) is 36.5 Å². The number of nitrogens with one attached hydrogen (secondary N) is 2. The second-order valence-corrected chi connectivity index (χ2v) is 8.64. The fourth-order valence-electron chi connectivity index (χ4n) is 4.01.